The van der Waals surface area contributed by atoms with Crippen molar-refractivity contribution in [3.8, 4) is 0 Å². The molecule has 0 heterocycles. The van der Waals surface area contributed by atoms with Crippen molar-refractivity contribution in [1.29, 1.82) is 0 Å². The van der Waals surface area contributed by atoms with Crippen LogP contribution in [-0.2, 0) is 0 Å². The Morgan fingerprint density at radius 3 is 2.21 bits per heavy atom. The average molecular weight is 413 g/mol. The summed E-state index contributed by atoms with van der Waals surface area (Å²) in [5.74, 6) is -1.55. The van der Waals surface area contributed by atoms with E-state index in [0.29, 0.717) is 17.8 Å². The van der Waals surface area contributed by atoms with Gasteiger partial charge >= 0.3 is 0 Å². The third kappa shape index (κ3) is 3.13. The fraction of sp³-hybridized carbons (Fsp3) is 1.00. The van der Waals surface area contributed by atoms with Gasteiger partial charge < -0.3 is 10.2 Å². The molecule has 29 heavy (non-hydrogen) atoms. The van der Waals surface area contributed by atoms with Crippen LogP contribution in [0.25, 0.3) is 0 Å². The van der Waals surface area contributed by atoms with E-state index in [1.165, 1.54) is 0 Å². The predicted molar refractivity (Wildman–Crippen MR) is 112 cm³/mol. The molecule has 4 aliphatic rings. The molecule has 0 bridgehead atoms. The van der Waals surface area contributed by atoms with Crippen molar-refractivity contribution in [3.05, 3.63) is 0 Å². The van der Waals surface area contributed by atoms with E-state index in [9.17, 15) is 19.0 Å². The van der Waals surface area contributed by atoms with Crippen molar-refractivity contribution in [3.63, 3.8) is 0 Å². The van der Waals surface area contributed by atoms with Gasteiger partial charge in [-0.15, -0.1) is 0 Å². The molecule has 0 aromatic carbocycles. The van der Waals surface area contributed by atoms with Gasteiger partial charge in [0, 0.05) is 5.92 Å². The molecule has 4 fully saturated rings. The molecule has 0 saturated heterocycles. The van der Waals surface area contributed by atoms with Crippen molar-refractivity contribution in [2.24, 2.45) is 52.3 Å². The summed E-state index contributed by atoms with van der Waals surface area (Å²) < 4.78 is 28.5. The SMILES string of the molecule is CC[C@H]1[C@@H](O)[C@H]2C3CC[C@H]([C@H](C)C(C)(F)F)[C@@]3(C)CCC2[C@@]2(C)CC[C@@H](O)C[C@@H]12. The molecule has 0 aromatic heterocycles. The first-order valence-corrected chi connectivity index (χ1v) is 12.2. The van der Waals surface area contributed by atoms with Gasteiger partial charge in [-0.1, -0.05) is 34.1 Å². The van der Waals surface area contributed by atoms with E-state index in [2.05, 4.69) is 20.8 Å². The van der Waals surface area contributed by atoms with Crippen LogP contribution in [0, 0.1) is 52.3 Å². The molecule has 4 rings (SSSR count). The third-order valence-corrected chi connectivity index (χ3v) is 10.9. The van der Waals surface area contributed by atoms with Crippen LogP contribution in [0.4, 0.5) is 8.78 Å². The van der Waals surface area contributed by atoms with E-state index in [1.54, 1.807) is 6.92 Å². The summed E-state index contributed by atoms with van der Waals surface area (Å²) in [6.45, 7) is 9.70. The number of fused-ring (bicyclic) bond motifs is 5. The van der Waals surface area contributed by atoms with Crippen molar-refractivity contribution >= 4 is 0 Å². The normalized spacial score (nSPS) is 53.7. The van der Waals surface area contributed by atoms with Crippen LogP contribution in [0.1, 0.15) is 86.0 Å². The molecule has 4 heteroatoms. The highest BCUT2D eigenvalue weighted by Gasteiger charge is 2.65. The van der Waals surface area contributed by atoms with E-state index in [0.717, 1.165) is 58.3 Å². The standard InChI is InChI=1S/C25H42F2O2/c1-6-16-20-13-15(28)9-11-24(20,4)19-10-12-23(3)17(14(2)25(5,26)27)7-8-18(23)21(19)22(16)29/h14-22,28-29H,6-13H2,1-5H3/t14-,15+,16+,17+,18?,19?,20-,21-,22+,23+,24+/m0/s1. The minimum absolute atomic E-state index is 0.0411. The summed E-state index contributed by atoms with van der Waals surface area (Å²) in [5.41, 5.74) is 0.0835. The molecule has 2 nitrogen and oxygen atoms in total. The second kappa shape index (κ2) is 7.15. The predicted octanol–water partition coefficient (Wildman–Crippen LogP) is 5.90. The Morgan fingerprint density at radius 1 is 0.966 bits per heavy atom. The molecular formula is C25H42F2O2. The maximum Gasteiger partial charge on any atom is 0.248 e. The van der Waals surface area contributed by atoms with Crippen molar-refractivity contribution < 1.29 is 19.0 Å². The first-order chi connectivity index (χ1) is 13.4. The molecule has 4 aliphatic carbocycles. The van der Waals surface area contributed by atoms with Gasteiger partial charge in [0.2, 0.25) is 5.92 Å². The van der Waals surface area contributed by atoms with Crippen LogP contribution >= 0.6 is 0 Å². The molecule has 11 atom stereocenters. The summed E-state index contributed by atoms with van der Waals surface area (Å²) in [6.07, 6.45) is 7.00. The van der Waals surface area contributed by atoms with E-state index in [1.807, 2.05) is 0 Å². The number of aliphatic hydroxyl groups excluding tert-OH is 2. The summed E-state index contributed by atoms with van der Waals surface area (Å²) in [5, 5.41) is 22.0. The first kappa shape index (κ1) is 22.0. The zero-order valence-electron chi connectivity index (χ0n) is 19.0. The lowest BCUT2D eigenvalue weighted by atomic mass is 9.41. The van der Waals surface area contributed by atoms with Crippen LogP contribution < -0.4 is 0 Å². The smallest absolute Gasteiger partial charge is 0.248 e. The van der Waals surface area contributed by atoms with Crippen molar-refractivity contribution in [1.82, 2.24) is 0 Å². The van der Waals surface area contributed by atoms with E-state index in [-0.39, 0.29) is 40.8 Å². The molecular weight excluding hydrogens is 370 g/mol. The maximum absolute atomic E-state index is 14.3. The fourth-order valence-electron chi connectivity index (χ4n) is 9.17. The van der Waals surface area contributed by atoms with Gasteiger partial charge in [0.05, 0.1) is 12.2 Å². The van der Waals surface area contributed by atoms with Gasteiger partial charge in [0.15, 0.2) is 0 Å². The van der Waals surface area contributed by atoms with Crippen LogP contribution in [0.5, 0.6) is 0 Å². The summed E-state index contributed by atoms with van der Waals surface area (Å²) in [7, 11) is 0. The third-order valence-electron chi connectivity index (χ3n) is 10.9. The number of alkyl halides is 2. The number of hydrogen-bond acceptors (Lipinski definition) is 2. The summed E-state index contributed by atoms with van der Waals surface area (Å²) >= 11 is 0. The van der Waals surface area contributed by atoms with Gasteiger partial charge in [-0.05, 0) is 98.2 Å². The number of rotatable bonds is 3. The Kier molecular flexibility index (Phi) is 5.42. The van der Waals surface area contributed by atoms with Crippen LogP contribution in [0.2, 0.25) is 0 Å². The van der Waals surface area contributed by atoms with Crippen LogP contribution in [0.3, 0.4) is 0 Å². The second-order valence-electron chi connectivity index (χ2n) is 11.9. The highest BCUT2D eigenvalue weighted by atomic mass is 19.3. The highest BCUT2D eigenvalue weighted by Crippen LogP contribution is 2.69. The average Bonchev–Trinajstić information content (AvgIpc) is 2.99. The summed E-state index contributed by atoms with van der Waals surface area (Å²) in [4.78, 5) is 0. The fourth-order valence-corrected chi connectivity index (χ4v) is 9.17. The van der Waals surface area contributed by atoms with E-state index in [4.69, 9.17) is 0 Å². The molecule has 2 N–H and O–H groups in total. The molecule has 0 spiro atoms. The minimum atomic E-state index is -2.65. The minimum Gasteiger partial charge on any atom is -0.393 e. The zero-order chi connectivity index (χ0) is 21.4. The Morgan fingerprint density at radius 2 is 1.59 bits per heavy atom. The van der Waals surface area contributed by atoms with Crippen molar-refractivity contribution in [2.75, 3.05) is 0 Å². The lowest BCUT2D eigenvalue weighted by Gasteiger charge is -2.64. The Balaban J connectivity index is 1.68. The highest BCUT2D eigenvalue weighted by molar-refractivity contribution is 5.13. The van der Waals surface area contributed by atoms with Gasteiger partial charge in [-0.2, -0.15) is 0 Å². The quantitative estimate of drug-likeness (QED) is 0.605. The number of aliphatic hydroxyl groups is 2. The molecule has 0 aliphatic heterocycles. The first-order valence-electron chi connectivity index (χ1n) is 12.2. The Bertz CT molecular complexity index is 618. The number of halogens is 2. The zero-order valence-corrected chi connectivity index (χ0v) is 19.0. The number of hydrogen-bond donors (Lipinski definition) is 2. The van der Waals surface area contributed by atoms with Gasteiger partial charge in [0.25, 0.3) is 0 Å². The molecule has 0 radical (unpaired) electrons. The summed E-state index contributed by atoms with van der Waals surface area (Å²) in [6, 6.07) is 0. The molecule has 168 valence electrons. The molecule has 0 aromatic rings. The van der Waals surface area contributed by atoms with Crippen LogP contribution in [-0.4, -0.2) is 28.3 Å². The molecule has 0 amide bonds. The lowest BCUT2D eigenvalue weighted by molar-refractivity contribution is -0.206. The van der Waals surface area contributed by atoms with Gasteiger partial charge in [-0.3, -0.25) is 0 Å². The lowest BCUT2D eigenvalue weighted by Crippen LogP contribution is -2.62. The van der Waals surface area contributed by atoms with Crippen LogP contribution in [0.15, 0.2) is 0 Å². The Hall–Kier alpha value is -0.220. The largest absolute Gasteiger partial charge is 0.393 e. The molecule has 4 saturated carbocycles. The van der Waals surface area contributed by atoms with E-state index < -0.39 is 11.8 Å². The van der Waals surface area contributed by atoms with E-state index >= 15 is 0 Å². The van der Waals surface area contributed by atoms with Gasteiger partial charge in [0.1, 0.15) is 0 Å². The topological polar surface area (TPSA) is 40.5 Å². The monoisotopic (exact) mass is 412 g/mol. The maximum atomic E-state index is 14.3. The van der Waals surface area contributed by atoms with Gasteiger partial charge in [-0.25, -0.2) is 8.78 Å². The molecule has 2 unspecified atom stereocenters. The Labute approximate surface area is 175 Å². The van der Waals surface area contributed by atoms with Crippen molar-refractivity contribution in [2.45, 2.75) is 104 Å². The second-order valence-corrected chi connectivity index (χ2v) is 11.9.